The molecular formula is C23H30N4O4. The summed E-state index contributed by atoms with van der Waals surface area (Å²) in [6, 6.07) is 8.68. The van der Waals surface area contributed by atoms with Gasteiger partial charge in [0.05, 0.1) is 17.6 Å². The highest BCUT2D eigenvalue weighted by Crippen LogP contribution is 2.23. The number of piperazine rings is 1. The number of ether oxygens (including phenoxy) is 1. The van der Waals surface area contributed by atoms with E-state index in [4.69, 9.17) is 4.74 Å². The van der Waals surface area contributed by atoms with Crippen LogP contribution in [0.4, 0.5) is 11.4 Å². The molecule has 1 aromatic carbocycles. The zero-order valence-electron chi connectivity index (χ0n) is 18.2. The number of ketones is 1. The van der Waals surface area contributed by atoms with Crippen molar-refractivity contribution in [2.24, 2.45) is 0 Å². The van der Waals surface area contributed by atoms with Gasteiger partial charge < -0.3 is 14.2 Å². The summed E-state index contributed by atoms with van der Waals surface area (Å²) in [5.74, 6) is 0.162. The van der Waals surface area contributed by atoms with Crippen LogP contribution in [0.5, 0.6) is 0 Å². The highest BCUT2D eigenvalue weighted by molar-refractivity contribution is 5.99. The quantitative estimate of drug-likeness (QED) is 0.384. The van der Waals surface area contributed by atoms with Crippen molar-refractivity contribution in [3.63, 3.8) is 0 Å². The van der Waals surface area contributed by atoms with E-state index in [0.29, 0.717) is 6.54 Å². The molecule has 31 heavy (non-hydrogen) atoms. The van der Waals surface area contributed by atoms with E-state index in [2.05, 4.69) is 21.3 Å². The Kier molecular flexibility index (Phi) is 6.38. The van der Waals surface area contributed by atoms with Crippen LogP contribution in [-0.4, -0.2) is 65.6 Å². The third-order valence-electron chi connectivity index (χ3n) is 6.45. The van der Waals surface area contributed by atoms with E-state index in [0.717, 1.165) is 74.8 Å². The second-order valence-electron chi connectivity index (χ2n) is 8.49. The van der Waals surface area contributed by atoms with Gasteiger partial charge in [0, 0.05) is 74.1 Å². The standard InChI is InChI=1S/C23H30N4O4/c1-17-14-22(18(2)26(17)15-21-4-3-13-31-21)23(28)16-24-9-11-25(12-10-24)19-5-7-20(8-6-19)27(29)30/h5-8,14,21H,3-4,9-13,15-16H2,1-2H3/t21-/m0/s1. The van der Waals surface area contributed by atoms with Crippen LogP contribution in [0.3, 0.4) is 0 Å². The molecule has 2 aromatic rings. The third kappa shape index (κ3) is 4.80. The minimum atomic E-state index is -0.384. The molecule has 0 spiro atoms. The maximum Gasteiger partial charge on any atom is 0.269 e. The van der Waals surface area contributed by atoms with Crippen molar-refractivity contribution in [3.8, 4) is 0 Å². The number of anilines is 1. The molecule has 3 heterocycles. The van der Waals surface area contributed by atoms with Crippen LogP contribution in [0, 0.1) is 24.0 Å². The molecule has 0 amide bonds. The molecule has 0 aliphatic carbocycles. The molecule has 8 heteroatoms. The summed E-state index contributed by atoms with van der Waals surface area (Å²) in [5, 5.41) is 10.8. The fraction of sp³-hybridized carbons (Fsp3) is 0.522. The van der Waals surface area contributed by atoms with Gasteiger partial charge in [0.1, 0.15) is 0 Å². The van der Waals surface area contributed by atoms with Crippen molar-refractivity contribution < 1.29 is 14.5 Å². The van der Waals surface area contributed by atoms with Gasteiger partial charge in [0.25, 0.3) is 5.69 Å². The van der Waals surface area contributed by atoms with Gasteiger partial charge >= 0.3 is 0 Å². The van der Waals surface area contributed by atoms with Crippen LogP contribution in [0.25, 0.3) is 0 Å². The van der Waals surface area contributed by atoms with Crippen molar-refractivity contribution in [1.29, 1.82) is 0 Å². The Morgan fingerprint density at radius 3 is 2.48 bits per heavy atom. The van der Waals surface area contributed by atoms with Gasteiger partial charge in [-0.25, -0.2) is 0 Å². The maximum atomic E-state index is 13.0. The van der Waals surface area contributed by atoms with Gasteiger partial charge in [0.15, 0.2) is 5.78 Å². The number of rotatable bonds is 7. The SMILES string of the molecule is Cc1cc(C(=O)CN2CCN(c3ccc([N+](=O)[O-])cc3)CC2)c(C)n1C[C@@H]1CCCO1. The number of benzene rings is 1. The van der Waals surface area contributed by atoms with E-state index in [1.165, 1.54) is 12.1 Å². The summed E-state index contributed by atoms with van der Waals surface area (Å²) in [7, 11) is 0. The highest BCUT2D eigenvalue weighted by atomic mass is 16.6. The Hall–Kier alpha value is -2.71. The molecule has 166 valence electrons. The molecule has 2 aliphatic heterocycles. The number of nitro groups is 1. The molecule has 0 radical (unpaired) electrons. The molecule has 8 nitrogen and oxygen atoms in total. The van der Waals surface area contributed by atoms with Crippen molar-refractivity contribution in [1.82, 2.24) is 9.47 Å². The van der Waals surface area contributed by atoms with E-state index in [1.807, 2.05) is 13.0 Å². The average molecular weight is 427 g/mol. The van der Waals surface area contributed by atoms with Gasteiger partial charge in [-0.2, -0.15) is 0 Å². The second kappa shape index (κ2) is 9.20. The molecule has 0 N–H and O–H groups in total. The molecule has 2 aliphatic rings. The molecule has 2 saturated heterocycles. The summed E-state index contributed by atoms with van der Waals surface area (Å²) in [6.07, 6.45) is 2.45. The Balaban J connectivity index is 1.33. The lowest BCUT2D eigenvalue weighted by atomic mass is 10.1. The van der Waals surface area contributed by atoms with E-state index in [-0.39, 0.29) is 22.5 Å². The average Bonchev–Trinajstić information content (AvgIpc) is 3.38. The molecule has 1 atom stereocenters. The van der Waals surface area contributed by atoms with Crippen molar-refractivity contribution in [2.75, 3.05) is 44.2 Å². The first-order valence-electron chi connectivity index (χ1n) is 11.0. The topological polar surface area (TPSA) is 80.9 Å². The lowest BCUT2D eigenvalue weighted by Gasteiger charge is -2.35. The molecule has 0 bridgehead atoms. The smallest absolute Gasteiger partial charge is 0.269 e. The summed E-state index contributed by atoms with van der Waals surface area (Å²) in [4.78, 5) is 27.9. The van der Waals surface area contributed by atoms with E-state index in [1.54, 1.807) is 12.1 Å². The normalized spacial score (nSPS) is 19.7. The number of Topliss-reactive ketones (excluding diaryl/α,β-unsaturated/α-hetero) is 1. The Bertz CT molecular complexity index is 939. The van der Waals surface area contributed by atoms with Gasteiger partial charge in [-0.15, -0.1) is 0 Å². The minimum absolute atomic E-state index is 0.102. The Labute approximate surface area is 182 Å². The number of hydrogen-bond acceptors (Lipinski definition) is 6. The number of non-ortho nitro benzene ring substituents is 1. The first kappa shape index (κ1) is 21.5. The van der Waals surface area contributed by atoms with Crippen LogP contribution in [0.2, 0.25) is 0 Å². The van der Waals surface area contributed by atoms with Crippen LogP contribution >= 0.6 is 0 Å². The zero-order valence-corrected chi connectivity index (χ0v) is 18.2. The number of nitro benzene ring substituents is 1. The Morgan fingerprint density at radius 1 is 1.16 bits per heavy atom. The minimum Gasteiger partial charge on any atom is -0.376 e. The zero-order chi connectivity index (χ0) is 22.0. The number of carbonyl (C=O) groups is 1. The number of nitrogens with zero attached hydrogens (tertiary/aromatic N) is 4. The number of hydrogen-bond donors (Lipinski definition) is 0. The maximum absolute atomic E-state index is 13.0. The number of aryl methyl sites for hydroxylation is 1. The summed E-state index contributed by atoms with van der Waals surface area (Å²) in [6.45, 7) is 9.32. The van der Waals surface area contributed by atoms with Gasteiger partial charge in [0.2, 0.25) is 0 Å². The fourth-order valence-electron chi connectivity index (χ4n) is 4.59. The molecule has 4 rings (SSSR count). The van der Waals surface area contributed by atoms with E-state index < -0.39 is 0 Å². The molecule has 0 saturated carbocycles. The van der Waals surface area contributed by atoms with Crippen LogP contribution in [-0.2, 0) is 11.3 Å². The molecule has 1 aromatic heterocycles. The molecule has 2 fully saturated rings. The van der Waals surface area contributed by atoms with Crippen LogP contribution < -0.4 is 4.90 Å². The lowest BCUT2D eigenvalue weighted by Crippen LogP contribution is -2.48. The lowest BCUT2D eigenvalue weighted by molar-refractivity contribution is -0.384. The monoisotopic (exact) mass is 426 g/mol. The van der Waals surface area contributed by atoms with Crippen molar-refractivity contribution in [2.45, 2.75) is 39.3 Å². The predicted octanol–water partition coefficient (Wildman–Crippen LogP) is 3.20. The largest absolute Gasteiger partial charge is 0.376 e. The first-order chi connectivity index (χ1) is 14.9. The van der Waals surface area contributed by atoms with Crippen molar-refractivity contribution in [3.05, 3.63) is 57.4 Å². The number of aromatic nitrogens is 1. The van der Waals surface area contributed by atoms with Gasteiger partial charge in [-0.3, -0.25) is 19.8 Å². The third-order valence-corrected chi connectivity index (χ3v) is 6.45. The fourth-order valence-corrected chi connectivity index (χ4v) is 4.59. The van der Waals surface area contributed by atoms with Crippen LogP contribution in [0.15, 0.2) is 30.3 Å². The summed E-state index contributed by atoms with van der Waals surface area (Å²) < 4.78 is 7.99. The molecule has 0 unspecified atom stereocenters. The van der Waals surface area contributed by atoms with Crippen LogP contribution in [0.1, 0.15) is 34.6 Å². The van der Waals surface area contributed by atoms with E-state index in [9.17, 15) is 14.9 Å². The first-order valence-corrected chi connectivity index (χ1v) is 11.0. The van der Waals surface area contributed by atoms with Crippen molar-refractivity contribution >= 4 is 17.2 Å². The second-order valence-corrected chi connectivity index (χ2v) is 8.49. The van der Waals surface area contributed by atoms with E-state index >= 15 is 0 Å². The van der Waals surface area contributed by atoms with Gasteiger partial charge in [-0.05, 0) is 44.9 Å². The van der Waals surface area contributed by atoms with Gasteiger partial charge in [-0.1, -0.05) is 0 Å². The highest BCUT2D eigenvalue weighted by Gasteiger charge is 2.24. The Morgan fingerprint density at radius 2 is 1.87 bits per heavy atom. The number of carbonyl (C=O) groups excluding carboxylic acids is 1. The summed E-state index contributed by atoms with van der Waals surface area (Å²) in [5.41, 5.74) is 4.04. The molecular weight excluding hydrogens is 396 g/mol. The predicted molar refractivity (Wildman–Crippen MR) is 119 cm³/mol. The summed E-state index contributed by atoms with van der Waals surface area (Å²) >= 11 is 0.